The zero-order chi connectivity index (χ0) is 19.7. The van der Waals surface area contributed by atoms with E-state index in [-0.39, 0.29) is 17.3 Å². The van der Waals surface area contributed by atoms with Crippen molar-refractivity contribution in [2.45, 2.75) is 25.2 Å². The van der Waals surface area contributed by atoms with Gasteiger partial charge in [0.1, 0.15) is 0 Å². The molecule has 0 aliphatic heterocycles. The lowest BCUT2D eigenvalue weighted by atomic mass is 10.1. The van der Waals surface area contributed by atoms with E-state index in [1.807, 2.05) is 37.3 Å². The van der Waals surface area contributed by atoms with Crippen molar-refractivity contribution in [2.75, 3.05) is 18.4 Å². The van der Waals surface area contributed by atoms with Crippen molar-refractivity contribution < 1.29 is 13.2 Å². The molecule has 7 nitrogen and oxygen atoms in total. The first-order valence-electron chi connectivity index (χ1n) is 8.64. The Morgan fingerprint density at radius 2 is 1.70 bits per heavy atom. The second-order valence-corrected chi connectivity index (χ2v) is 7.64. The maximum atomic E-state index is 12.1. The molecule has 2 rings (SSSR count). The third-order valence-corrected chi connectivity index (χ3v) is 5.18. The Morgan fingerprint density at radius 1 is 1.04 bits per heavy atom. The van der Waals surface area contributed by atoms with Crippen molar-refractivity contribution in [3.05, 3.63) is 60.2 Å². The Bertz CT molecular complexity index is 879. The monoisotopic (exact) mass is 388 g/mol. The zero-order valence-corrected chi connectivity index (χ0v) is 16.2. The number of amides is 1. The van der Waals surface area contributed by atoms with E-state index in [0.717, 1.165) is 17.7 Å². The number of rotatable bonds is 9. The summed E-state index contributed by atoms with van der Waals surface area (Å²) in [5.41, 5.74) is 4.63. The first-order valence-corrected chi connectivity index (χ1v) is 10.1. The topological polar surface area (TPSA) is 99.7 Å². The summed E-state index contributed by atoms with van der Waals surface area (Å²) in [6.07, 6.45) is 0.724. The molecule has 0 aliphatic rings. The fourth-order valence-electron chi connectivity index (χ4n) is 2.18. The third kappa shape index (κ3) is 6.50. The van der Waals surface area contributed by atoms with Crippen molar-refractivity contribution in [1.29, 1.82) is 0 Å². The average molecular weight is 388 g/mol. The van der Waals surface area contributed by atoms with Gasteiger partial charge in [-0.05, 0) is 43.2 Å². The number of nitrogens with one attached hydrogen (secondary N) is 3. The van der Waals surface area contributed by atoms with Gasteiger partial charge in [0.2, 0.25) is 10.0 Å². The SMILES string of the molecule is CCCNS(=O)(=O)c1ccc(/C(C)=N\NC(=O)CNc2ccccc2)cc1. The lowest BCUT2D eigenvalue weighted by Gasteiger charge is -2.07. The molecule has 0 atom stereocenters. The normalized spacial score (nSPS) is 11.9. The minimum Gasteiger partial charge on any atom is -0.376 e. The molecule has 144 valence electrons. The molecule has 1 amide bonds. The number of anilines is 1. The van der Waals surface area contributed by atoms with Crippen LogP contribution in [0.2, 0.25) is 0 Å². The summed E-state index contributed by atoms with van der Waals surface area (Å²) in [5.74, 6) is -0.277. The summed E-state index contributed by atoms with van der Waals surface area (Å²) in [7, 11) is -3.49. The van der Waals surface area contributed by atoms with Crippen LogP contribution in [0.3, 0.4) is 0 Å². The Kier molecular flexibility index (Phi) is 7.51. The minimum atomic E-state index is -3.49. The fraction of sp³-hybridized carbons (Fsp3) is 0.263. The Labute approximate surface area is 159 Å². The van der Waals surface area contributed by atoms with Crippen LogP contribution in [0.1, 0.15) is 25.8 Å². The van der Waals surface area contributed by atoms with Gasteiger partial charge in [-0.3, -0.25) is 4.79 Å². The Hall–Kier alpha value is -2.71. The van der Waals surface area contributed by atoms with Crippen LogP contribution >= 0.6 is 0 Å². The summed E-state index contributed by atoms with van der Waals surface area (Å²) < 4.78 is 26.7. The van der Waals surface area contributed by atoms with E-state index < -0.39 is 10.0 Å². The van der Waals surface area contributed by atoms with Crippen LogP contribution in [0, 0.1) is 0 Å². The van der Waals surface area contributed by atoms with Crippen molar-refractivity contribution in [2.24, 2.45) is 5.10 Å². The number of sulfonamides is 1. The Balaban J connectivity index is 1.92. The van der Waals surface area contributed by atoms with E-state index in [0.29, 0.717) is 12.3 Å². The van der Waals surface area contributed by atoms with Gasteiger partial charge in [0.15, 0.2) is 0 Å². The van der Waals surface area contributed by atoms with Crippen LogP contribution < -0.4 is 15.5 Å². The predicted molar refractivity (Wildman–Crippen MR) is 107 cm³/mol. The summed E-state index contributed by atoms with van der Waals surface area (Å²) in [5, 5.41) is 7.05. The lowest BCUT2D eigenvalue weighted by Crippen LogP contribution is -2.26. The number of hydrazone groups is 1. The molecule has 0 radical (unpaired) electrons. The van der Waals surface area contributed by atoms with E-state index in [2.05, 4.69) is 20.6 Å². The number of nitrogens with zero attached hydrogens (tertiary/aromatic N) is 1. The van der Waals surface area contributed by atoms with Crippen LogP contribution in [-0.2, 0) is 14.8 Å². The molecule has 27 heavy (non-hydrogen) atoms. The molecule has 2 aromatic carbocycles. The van der Waals surface area contributed by atoms with Crippen LogP contribution in [0.25, 0.3) is 0 Å². The first kappa shape index (κ1) is 20.6. The maximum absolute atomic E-state index is 12.1. The average Bonchev–Trinajstić information content (AvgIpc) is 2.70. The summed E-state index contributed by atoms with van der Waals surface area (Å²) in [6.45, 7) is 4.13. The lowest BCUT2D eigenvalue weighted by molar-refractivity contribution is -0.119. The van der Waals surface area contributed by atoms with Gasteiger partial charge < -0.3 is 5.32 Å². The van der Waals surface area contributed by atoms with E-state index in [1.165, 1.54) is 12.1 Å². The number of carbonyl (C=O) groups excluding carboxylic acids is 1. The Morgan fingerprint density at radius 3 is 2.33 bits per heavy atom. The fourth-order valence-corrected chi connectivity index (χ4v) is 3.32. The quantitative estimate of drug-likeness (QED) is 0.453. The van der Waals surface area contributed by atoms with Gasteiger partial charge in [0, 0.05) is 12.2 Å². The highest BCUT2D eigenvalue weighted by Crippen LogP contribution is 2.11. The first-order chi connectivity index (χ1) is 12.9. The number of carbonyl (C=O) groups is 1. The van der Waals surface area contributed by atoms with E-state index >= 15 is 0 Å². The number of benzene rings is 2. The number of hydrogen-bond acceptors (Lipinski definition) is 5. The van der Waals surface area contributed by atoms with E-state index in [4.69, 9.17) is 0 Å². The predicted octanol–water partition coefficient (Wildman–Crippen LogP) is 2.33. The van der Waals surface area contributed by atoms with E-state index in [9.17, 15) is 13.2 Å². The largest absolute Gasteiger partial charge is 0.376 e. The smallest absolute Gasteiger partial charge is 0.259 e. The molecular formula is C19H24N4O3S. The number of para-hydroxylation sites is 1. The molecule has 0 saturated carbocycles. The molecule has 0 fully saturated rings. The highest BCUT2D eigenvalue weighted by molar-refractivity contribution is 7.89. The van der Waals surface area contributed by atoms with Crippen molar-refractivity contribution in [1.82, 2.24) is 10.1 Å². The van der Waals surface area contributed by atoms with Crippen molar-refractivity contribution in [3.8, 4) is 0 Å². The van der Waals surface area contributed by atoms with Crippen LogP contribution in [0.15, 0.2) is 64.6 Å². The molecular weight excluding hydrogens is 364 g/mol. The molecule has 2 aromatic rings. The van der Waals surface area contributed by atoms with Gasteiger partial charge in [0.25, 0.3) is 5.91 Å². The third-order valence-electron chi connectivity index (χ3n) is 3.70. The van der Waals surface area contributed by atoms with Gasteiger partial charge in [-0.25, -0.2) is 18.6 Å². The highest BCUT2D eigenvalue weighted by Gasteiger charge is 2.12. The van der Waals surface area contributed by atoms with Crippen molar-refractivity contribution in [3.63, 3.8) is 0 Å². The van der Waals surface area contributed by atoms with Crippen LogP contribution in [0.5, 0.6) is 0 Å². The molecule has 0 unspecified atom stereocenters. The van der Waals surface area contributed by atoms with Gasteiger partial charge in [-0.15, -0.1) is 0 Å². The second-order valence-electron chi connectivity index (χ2n) is 5.87. The molecule has 8 heteroatoms. The van der Waals surface area contributed by atoms with Gasteiger partial charge >= 0.3 is 0 Å². The standard InChI is InChI=1S/C19H24N4O3S/c1-3-13-21-27(25,26)18-11-9-16(10-12-18)15(2)22-23-19(24)14-20-17-7-5-4-6-8-17/h4-12,20-21H,3,13-14H2,1-2H3,(H,23,24)/b22-15-. The van der Waals surface area contributed by atoms with Gasteiger partial charge in [0.05, 0.1) is 17.2 Å². The highest BCUT2D eigenvalue weighted by atomic mass is 32.2. The number of hydrogen-bond donors (Lipinski definition) is 3. The maximum Gasteiger partial charge on any atom is 0.259 e. The molecule has 0 heterocycles. The molecule has 0 aliphatic carbocycles. The van der Waals surface area contributed by atoms with Gasteiger partial charge in [-0.1, -0.05) is 37.3 Å². The molecule has 0 spiro atoms. The zero-order valence-electron chi connectivity index (χ0n) is 15.4. The van der Waals surface area contributed by atoms with Crippen molar-refractivity contribution >= 4 is 27.3 Å². The van der Waals surface area contributed by atoms with Crippen LogP contribution in [-0.4, -0.2) is 33.1 Å². The van der Waals surface area contributed by atoms with Gasteiger partial charge in [-0.2, -0.15) is 5.10 Å². The molecule has 0 saturated heterocycles. The summed E-state index contributed by atoms with van der Waals surface area (Å²) in [4.78, 5) is 12.1. The molecule has 0 aromatic heterocycles. The summed E-state index contributed by atoms with van der Waals surface area (Å²) in [6, 6.07) is 15.8. The van der Waals surface area contributed by atoms with E-state index in [1.54, 1.807) is 19.1 Å². The minimum absolute atomic E-state index is 0.0983. The van der Waals surface area contributed by atoms with Crippen LogP contribution in [0.4, 0.5) is 5.69 Å². The second kappa shape index (κ2) is 9.84. The molecule has 3 N–H and O–H groups in total. The molecule has 0 bridgehead atoms. The summed E-state index contributed by atoms with van der Waals surface area (Å²) >= 11 is 0.